The van der Waals surface area contributed by atoms with Gasteiger partial charge < -0.3 is 15.0 Å². The monoisotopic (exact) mass is 560 g/mol. The molecule has 1 aromatic carbocycles. The Morgan fingerprint density at radius 1 is 1.13 bits per heavy atom. The number of carbonyl (C=O) groups excluding carboxylic acids is 1. The fraction of sp³-hybridized carbons (Fsp3) is 0.643. The van der Waals surface area contributed by atoms with E-state index in [1.165, 1.54) is 42.7 Å². The highest BCUT2D eigenvalue weighted by atomic mass is 35.5. The molecule has 5 nitrogen and oxygen atoms in total. The second-order valence-corrected chi connectivity index (χ2v) is 10.0. The van der Waals surface area contributed by atoms with Crippen molar-refractivity contribution < 1.29 is 22.4 Å². The van der Waals surface area contributed by atoms with E-state index in [0.717, 1.165) is 30.6 Å². The third-order valence-corrected chi connectivity index (χ3v) is 7.35. The van der Waals surface area contributed by atoms with Crippen LogP contribution in [0.4, 0.5) is 17.6 Å². The van der Waals surface area contributed by atoms with Crippen LogP contribution in [0.15, 0.2) is 18.2 Å². The topological polar surface area (TPSA) is 50.2 Å². The van der Waals surface area contributed by atoms with Gasteiger partial charge in [0.1, 0.15) is 12.1 Å². The van der Waals surface area contributed by atoms with Crippen molar-refractivity contribution in [2.24, 2.45) is 17.8 Å². The van der Waals surface area contributed by atoms with Crippen LogP contribution in [-0.4, -0.2) is 47.6 Å². The van der Waals surface area contributed by atoms with Gasteiger partial charge in [-0.15, -0.1) is 0 Å². The van der Waals surface area contributed by atoms with Gasteiger partial charge in [-0.05, 0) is 69.3 Å². The van der Waals surface area contributed by atoms with Crippen LogP contribution < -0.4 is 5.32 Å². The van der Waals surface area contributed by atoms with Crippen LogP contribution in [-0.2, 0) is 30.5 Å². The van der Waals surface area contributed by atoms with Crippen molar-refractivity contribution in [1.82, 2.24) is 20.0 Å². The molecule has 10 heteroatoms. The zero-order valence-corrected chi connectivity index (χ0v) is 23.8. The Hall–Kier alpha value is -1.97. The molecular formula is C28H41ClF4N4O. The van der Waals surface area contributed by atoms with E-state index >= 15 is 0 Å². The second kappa shape index (κ2) is 15.0. The predicted octanol–water partition coefficient (Wildman–Crippen LogP) is 6.60. The molecular weight excluding hydrogens is 520 g/mol. The molecule has 2 atom stereocenters. The molecule has 38 heavy (non-hydrogen) atoms. The van der Waals surface area contributed by atoms with E-state index in [-0.39, 0.29) is 29.1 Å². The predicted molar refractivity (Wildman–Crippen MR) is 144 cm³/mol. The molecule has 1 saturated carbocycles. The number of hydrogen-bond donors (Lipinski definition) is 1. The minimum atomic E-state index is -4.51. The van der Waals surface area contributed by atoms with Gasteiger partial charge in [-0.3, -0.25) is 4.68 Å². The lowest BCUT2D eigenvalue weighted by Gasteiger charge is -2.24. The Morgan fingerprint density at radius 2 is 1.76 bits per heavy atom. The normalized spacial score (nSPS) is 22.1. The summed E-state index contributed by atoms with van der Waals surface area (Å²) in [5.41, 5.74) is 0.0852. The Balaban J connectivity index is 0.000000282. The number of alkyl halides is 3. The molecule has 1 aromatic heterocycles. The number of likely N-dealkylation sites (N-methyl/N-ethyl adjacent to an activating group) is 1. The smallest absolute Gasteiger partial charge is 0.316 e. The number of nitrogens with zero attached hydrogens (tertiary/aromatic N) is 3. The standard InChI is InChI=1S/C15H14ClF4N3.C9H15NO.2C2H6/c1-22-5-4-11-13(8-22)23(21-14(11)15(18,19)20)7-9-2-3-10(16)6-12(9)17;11-2-1-7-3-8-5-10-6-9(8)4-7;2*1-2/h2-3,6H,4-5,7-8H2,1H3;2,7-10H,1,3-6H2;2*1-2H3. The van der Waals surface area contributed by atoms with E-state index in [1.54, 1.807) is 0 Å². The van der Waals surface area contributed by atoms with Crippen LogP contribution in [0.5, 0.6) is 0 Å². The highest BCUT2D eigenvalue weighted by Gasteiger charge is 2.40. The van der Waals surface area contributed by atoms with Gasteiger partial charge >= 0.3 is 6.18 Å². The largest absolute Gasteiger partial charge is 0.435 e. The zero-order valence-electron chi connectivity index (χ0n) is 23.0. The van der Waals surface area contributed by atoms with Crippen LogP contribution in [0.3, 0.4) is 0 Å². The average Bonchev–Trinajstić information content (AvgIpc) is 3.58. The van der Waals surface area contributed by atoms with E-state index in [9.17, 15) is 22.4 Å². The van der Waals surface area contributed by atoms with Crippen molar-refractivity contribution in [3.63, 3.8) is 0 Å². The summed E-state index contributed by atoms with van der Waals surface area (Å²) in [4.78, 5) is 12.2. The Morgan fingerprint density at radius 3 is 2.32 bits per heavy atom. The quantitative estimate of drug-likeness (QED) is 0.338. The van der Waals surface area contributed by atoms with Crippen LogP contribution in [0, 0.1) is 23.6 Å². The number of fused-ring (bicyclic) bond motifs is 2. The van der Waals surface area contributed by atoms with Crippen molar-refractivity contribution in [2.45, 2.75) is 72.6 Å². The fourth-order valence-corrected chi connectivity index (χ4v) is 5.56. The average molecular weight is 561 g/mol. The number of rotatable bonds is 4. The summed E-state index contributed by atoms with van der Waals surface area (Å²) >= 11 is 5.70. The van der Waals surface area contributed by atoms with Crippen molar-refractivity contribution in [3.05, 3.63) is 51.6 Å². The van der Waals surface area contributed by atoms with Crippen LogP contribution in [0.25, 0.3) is 0 Å². The lowest BCUT2D eigenvalue weighted by Crippen LogP contribution is -2.28. The molecule has 1 saturated heterocycles. The van der Waals surface area contributed by atoms with Gasteiger partial charge in [0.15, 0.2) is 5.69 Å². The maximum Gasteiger partial charge on any atom is 0.435 e. The fourth-order valence-electron chi connectivity index (χ4n) is 5.40. The number of aromatic nitrogens is 2. The lowest BCUT2D eigenvalue weighted by atomic mass is 10.0. The molecule has 3 aliphatic rings. The molecule has 0 bridgehead atoms. The first-order valence-corrected chi connectivity index (χ1v) is 14.0. The molecule has 2 unspecified atom stereocenters. The number of nitrogens with one attached hydrogen (secondary N) is 1. The lowest BCUT2D eigenvalue weighted by molar-refractivity contribution is -0.142. The number of hydrogen-bond acceptors (Lipinski definition) is 4. The molecule has 0 radical (unpaired) electrons. The summed E-state index contributed by atoms with van der Waals surface area (Å²) < 4.78 is 54.7. The molecule has 214 valence electrons. The summed E-state index contributed by atoms with van der Waals surface area (Å²) in [6, 6.07) is 4.11. The molecule has 1 N–H and O–H groups in total. The minimum absolute atomic E-state index is 0.0603. The second-order valence-electron chi connectivity index (χ2n) is 9.57. The Labute approximate surface area is 228 Å². The summed E-state index contributed by atoms with van der Waals surface area (Å²) in [5.74, 6) is 1.93. The molecule has 1 aliphatic carbocycles. The maximum absolute atomic E-state index is 13.9. The number of halogens is 5. The van der Waals surface area contributed by atoms with Crippen molar-refractivity contribution in [2.75, 3.05) is 26.7 Å². The van der Waals surface area contributed by atoms with E-state index < -0.39 is 17.7 Å². The maximum atomic E-state index is 13.9. The Kier molecular flexibility index (Phi) is 12.7. The van der Waals surface area contributed by atoms with Gasteiger partial charge in [0.2, 0.25) is 0 Å². The van der Waals surface area contributed by atoms with Crippen molar-refractivity contribution >= 4 is 17.9 Å². The minimum Gasteiger partial charge on any atom is -0.316 e. The molecule has 3 heterocycles. The molecule has 0 spiro atoms. The third-order valence-electron chi connectivity index (χ3n) is 7.11. The highest BCUT2D eigenvalue weighted by Crippen LogP contribution is 2.39. The molecule has 2 aromatic rings. The number of carbonyl (C=O) groups is 1. The van der Waals surface area contributed by atoms with Gasteiger partial charge in [-0.2, -0.15) is 18.3 Å². The van der Waals surface area contributed by atoms with Gasteiger partial charge in [-0.1, -0.05) is 45.4 Å². The summed E-state index contributed by atoms with van der Waals surface area (Å²) in [6.07, 6.45) is 0.229. The van der Waals surface area contributed by atoms with Crippen molar-refractivity contribution in [1.29, 1.82) is 0 Å². The van der Waals surface area contributed by atoms with E-state index in [4.69, 9.17) is 11.6 Å². The molecule has 2 aliphatic heterocycles. The van der Waals surface area contributed by atoms with Crippen LogP contribution in [0.2, 0.25) is 5.02 Å². The van der Waals surface area contributed by atoms with Gasteiger partial charge in [0, 0.05) is 35.7 Å². The summed E-state index contributed by atoms with van der Waals surface area (Å²) in [7, 11) is 1.83. The number of benzene rings is 1. The van der Waals surface area contributed by atoms with Gasteiger partial charge in [-0.25, -0.2) is 4.39 Å². The van der Waals surface area contributed by atoms with Crippen molar-refractivity contribution in [3.8, 4) is 0 Å². The summed E-state index contributed by atoms with van der Waals surface area (Å²) in [5, 5.41) is 7.36. The summed E-state index contributed by atoms with van der Waals surface area (Å²) in [6.45, 7) is 11.2. The van der Waals surface area contributed by atoms with E-state index in [1.807, 2.05) is 39.6 Å². The van der Waals surface area contributed by atoms with E-state index in [2.05, 4.69) is 10.4 Å². The third kappa shape index (κ3) is 8.26. The molecule has 0 amide bonds. The van der Waals surface area contributed by atoms with Crippen LogP contribution >= 0.6 is 11.6 Å². The Bertz CT molecular complexity index is 1020. The van der Waals surface area contributed by atoms with Gasteiger partial charge in [0.05, 0.1) is 12.2 Å². The SMILES string of the molecule is CC.CC.CN1CCc2c(C(F)(F)F)nn(Cc3ccc(Cl)cc3F)c2C1.O=CCC1CC2CNCC2C1. The molecule has 5 rings (SSSR count). The first-order valence-electron chi connectivity index (χ1n) is 13.6. The van der Waals surface area contributed by atoms with Crippen LogP contribution in [0.1, 0.15) is 69.5 Å². The number of aldehydes is 1. The zero-order chi connectivity index (χ0) is 28.5. The molecule has 2 fully saturated rings. The highest BCUT2D eigenvalue weighted by molar-refractivity contribution is 6.30. The van der Waals surface area contributed by atoms with Gasteiger partial charge in [0.25, 0.3) is 0 Å². The first kappa shape index (κ1) is 32.2. The van der Waals surface area contributed by atoms with E-state index in [0.29, 0.717) is 24.7 Å². The first-order chi connectivity index (χ1) is 18.2.